The fraction of sp³-hybridized carbons (Fsp3) is 0. The first-order chi connectivity index (χ1) is 14.9. The molecular formula is C26H20N4. The molecule has 2 aromatic heterocycles. The van der Waals surface area contributed by atoms with Crippen LogP contribution in [0.15, 0.2) is 116 Å². The Balaban J connectivity index is 1.53. The lowest BCUT2D eigenvalue weighted by molar-refractivity contribution is 0.892. The maximum absolute atomic E-state index is 4.93. The van der Waals surface area contributed by atoms with E-state index in [-0.39, 0.29) is 0 Å². The Morgan fingerprint density at radius 3 is 1.87 bits per heavy atom. The van der Waals surface area contributed by atoms with Crippen LogP contribution in [-0.2, 0) is 0 Å². The molecule has 4 heteroatoms. The van der Waals surface area contributed by atoms with Crippen LogP contribution in [0.5, 0.6) is 0 Å². The summed E-state index contributed by atoms with van der Waals surface area (Å²) in [6.45, 7) is 0. The average molecular weight is 388 g/mol. The number of pyridine rings is 1. The predicted octanol–water partition coefficient (Wildman–Crippen LogP) is 6.34. The van der Waals surface area contributed by atoms with Gasteiger partial charge in [0.15, 0.2) is 0 Å². The number of nitrogens with one attached hydrogen (secondary N) is 1. The third-order valence-corrected chi connectivity index (χ3v) is 4.93. The van der Waals surface area contributed by atoms with E-state index >= 15 is 0 Å². The summed E-state index contributed by atoms with van der Waals surface area (Å²) >= 11 is 0. The molecule has 0 saturated carbocycles. The summed E-state index contributed by atoms with van der Waals surface area (Å²) in [5.74, 6) is 0. The molecule has 0 saturated heterocycles. The minimum absolute atomic E-state index is 0.952. The van der Waals surface area contributed by atoms with Crippen LogP contribution in [0.1, 0.15) is 0 Å². The van der Waals surface area contributed by atoms with Crippen molar-refractivity contribution in [3.05, 3.63) is 116 Å². The highest BCUT2D eigenvalue weighted by Crippen LogP contribution is 2.29. The second-order valence-corrected chi connectivity index (χ2v) is 6.97. The number of rotatable bonds is 5. The zero-order valence-corrected chi connectivity index (χ0v) is 16.3. The molecule has 2 heterocycles. The van der Waals surface area contributed by atoms with Crippen molar-refractivity contribution in [2.45, 2.75) is 0 Å². The lowest BCUT2D eigenvalue weighted by atomic mass is 10.1. The first-order valence-electron chi connectivity index (χ1n) is 9.85. The number of anilines is 2. The highest BCUT2D eigenvalue weighted by atomic mass is 15.3. The van der Waals surface area contributed by atoms with Crippen molar-refractivity contribution < 1.29 is 0 Å². The van der Waals surface area contributed by atoms with Crippen molar-refractivity contribution in [2.24, 2.45) is 0 Å². The van der Waals surface area contributed by atoms with Crippen molar-refractivity contribution in [1.29, 1.82) is 0 Å². The van der Waals surface area contributed by atoms with Crippen molar-refractivity contribution in [2.75, 3.05) is 5.32 Å². The summed E-state index contributed by atoms with van der Waals surface area (Å²) in [7, 11) is 0. The maximum Gasteiger partial charge on any atom is 0.0934 e. The standard InChI is InChI=1S/C26H20N4/c1-3-7-20(8-4-1)25-19-26(21-9-5-2-6-10-21)30(29-25)24-13-11-22(12-14-24)28-23-15-17-27-18-16-23/h1-19H,(H,27,28). The molecule has 0 aliphatic carbocycles. The minimum Gasteiger partial charge on any atom is -0.355 e. The van der Waals surface area contributed by atoms with Gasteiger partial charge in [0.2, 0.25) is 0 Å². The van der Waals surface area contributed by atoms with Crippen LogP contribution < -0.4 is 5.32 Å². The normalized spacial score (nSPS) is 10.7. The molecule has 0 fully saturated rings. The maximum atomic E-state index is 4.93. The van der Waals surface area contributed by atoms with Gasteiger partial charge in [0.1, 0.15) is 0 Å². The van der Waals surface area contributed by atoms with Crippen molar-refractivity contribution >= 4 is 11.4 Å². The molecule has 5 rings (SSSR count). The molecule has 0 atom stereocenters. The molecule has 0 unspecified atom stereocenters. The molecule has 4 nitrogen and oxygen atoms in total. The summed E-state index contributed by atoms with van der Waals surface area (Å²) in [6.07, 6.45) is 3.55. The van der Waals surface area contributed by atoms with Gasteiger partial charge in [0, 0.05) is 34.9 Å². The van der Waals surface area contributed by atoms with Gasteiger partial charge < -0.3 is 5.32 Å². The van der Waals surface area contributed by atoms with Gasteiger partial charge in [-0.15, -0.1) is 0 Å². The number of hydrogen-bond acceptors (Lipinski definition) is 3. The van der Waals surface area contributed by atoms with E-state index in [0.717, 1.165) is 39.6 Å². The summed E-state index contributed by atoms with van der Waals surface area (Å²) < 4.78 is 2.01. The molecule has 144 valence electrons. The monoisotopic (exact) mass is 388 g/mol. The average Bonchev–Trinajstić information content (AvgIpc) is 3.27. The Morgan fingerprint density at radius 1 is 0.600 bits per heavy atom. The van der Waals surface area contributed by atoms with Gasteiger partial charge in [-0.25, -0.2) is 4.68 Å². The summed E-state index contributed by atoms with van der Waals surface area (Å²) in [5, 5.41) is 8.32. The quantitative estimate of drug-likeness (QED) is 0.382. The molecule has 3 aromatic carbocycles. The van der Waals surface area contributed by atoms with Crippen molar-refractivity contribution in [3.63, 3.8) is 0 Å². The van der Waals surface area contributed by atoms with E-state index in [1.807, 2.05) is 41.1 Å². The zero-order chi connectivity index (χ0) is 20.2. The van der Waals surface area contributed by atoms with E-state index in [1.165, 1.54) is 0 Å². The van der Waals surface area contributed by atoms with Gasteiger partial charge in [-0.2, -0.15) is 5.10 Å². The van der Waals surface area contributed by atoms with Crippen LogP contribution in [-0.4, -0.2) is 14.8 Å². The third-order valence-electron chi connectivity index (χ3n) is 4.93. The van der Waals surface area contributed by atoms with Gasteiger partial charge in [0.05, 0.1) is 17.1 Å². The zero-order valence-electron chi connectivity index (χ0n) is 16.3. The molecule has 1 N–H and O–H groups in total. The van der Waals surface area contributed by atoms with E-state index in [4.69, 9.17) is 5.10 Å². The molecule has 0 spiro atoms. The van der Waals surface area contributed by atoms with Gasteiger partial charge >= 0.3 is 0 Å². The predicted molar refractivity (Wildman–Crippen MR) is 122 cm³/mol. The van der Waals surface area contributed by atoms with Gasteiger partial charge in [-0.05, 0) is 42.5 Å². The first-order valence-corrected chi connectivity index (χ1v) is 9.85. The summed E-state index contributed by atoms with van der Waals surface area (Å²) in [5.41, 5.74) is 7.28. The fourth-order valence-corrected chi connectivity index (χ4v) is 3.43. The van der Waals surface area contributed by atoms with Crippen LogP contribution >= 0.6 is 0 Å². The largest absolute Gasteiger partial charge is 0.355 e. The Kier molecular flexibility index (Phi) is 4.80. The Morgan fingerprint density at radius 2 is 1.20 bits per heavy atom. The number of hydrogen-bond donors (Lipinski definition) is 1. The highest BCUT2D eigenvalue weighted by Gasteiger charge is 2.13. The molecule has 30 heavy (non-hydrogen) atoms. The Bertz CT molecular complexity index is 1230. The summed E-state index contributed by atoms with van der Waals surface area (Å²) in [4.78, 5) is 4.05. The molecule has 0 aliphatic rings. The van der Waals surface area contributed by atoms with Gasteiger partial charge in [-0.3, -0.25) is 4.98 Å². The second-order valence-electron chi connectivity index (χ2n) is 6.97. The lowest BCUT2D eigenvalue weighted by Gasteiger charge is -2.10. The second kappa shape index (κ2) is 8.05. The smallest absolute Gasteiger partial charge is 0.0934 e. The molecular weight excluding hydrogens is 368 g/mol. The third kappa shape index (κ3) is 3.71. The molecule has 0 bridgehead atoms. The molecule has 0 amide bonds. The van der Waals surface area contributed by atoms with Crippen LogP contribution in [0.25, 0.3) is 28.2 Å². The van der Waals surface area contributed by atoms with Gasteiger partial charge in [-0.1, -0.05) is 60.7 Å². The van der Waals surface area contributed by atoms with Crippen LogP contribution in [0.3, 0.4) is 0 Å². The minimum atomic E-state index is 0.952. The van der Waals surface area contributed by atoms with Crippen molar-refractivity contribution in [1.82, 2.24) is 14.8 Å². The Hall–Kier alpha value is -4.18. The summed E-state index contributed by atoms with van der Waals surface area (Å²) in [6, 6.07) is 35.0. The number of benzene rings is 3. The molecule has 0 radical (unpaired) electrons. The van der Waals surface area contributed by atoms with E-state index in [1.54, 1.807) is 12.4 Å². The van der Waals surface area contributed by atoms with E-state index in [2.05, 4.69) is 77.0 Å². The van der Waals surface area contributed by atoms with Crippen LogP contribution in [0.4, 0.5) is 11.4 Å². The van der Waals surface area contributed by atoms with Crippen LogP contribution in [0, 0.1) is 0 Å². The SMILES string of the molecule is c1ccc(-c2cc(-c3ccccc3)n(-c3ccc(Nc4ccncc4)cc3)n2)cc1. The van der Waals surface area contributed by atoms with E-state index < -0.39 is 0 Å². The van der Waals surface area contributed by atoms with E-state index in [9.17, 15) is 0 Å². The molecule has 0 aliphatic heterocycles. The fourth-order valence-electron chi connectivity index (χ4n) is 3.43. The van der Waals surface area contributed by atoms with Gasteiger partial charge in [0.25, 0.3) is 0 Å². The number of aromatic nitrogens is 3. The molecule has 5 aromatic rings. The van der Waals surface area contributed by atoms with Crippen LogP contribution in [0.2, 0.25) is 0 Å². The first kappa shape index (κ1) is 17.9. The topological polar surface area (TPSA) is 42.7 Å². The lowest BCUT2D eigenvalue weighted by Crippen LogP contribution is -1.99. The van der Waals surface area contributed by atoms with Crippen molar-refractivity contribution in [3.8, 4) is 28.2 Å². The van der Waals surface area contributed by atoms with E-state index in [0.29, 0.717) is 0 Å². The number of nitrogens with zero attached hydrogens (tertiary/aromatic N) is 3. The highest BCUT2D eigenvalue weighted by molar-refractivity contribution is 5.71. The Labute approximate surface area is 175 Å².